The second kappa shape index (κ2) is 12.5. The molecular weight excluding hydrogens is 577 g/mol. The standard InChI is InChI=1S/C32H29Cl2N3O3S/c1-4-36(5-2)31(39)28-20(3)35-32-37(29(28)21-14-16-24(33)17-15-21)30(38)27(41-32)18-22-10-7-9-13-26(22)40-19-23-11-6-8-12-25(23)34/h6-18,29H,4-5,19H2,1-3H3/b27-18+/t29-/m1/s1. The number of allylic oxidation sites excluding steroid dienone is 1. The van der Waals surface area contributed by atoms with Gasteiger partial charge in [0.25, 0.3) is 11.5 Å². The Balaban J connectivity index is 1.61. The largest absolute Gasteiger partial charge is 0.488 e. The van der Waals surface area contributed by atoms with Crippen molar-refractivity contribution in [2.24, 2.45) is 4.99 Å². The summed E-state index contributed by atoms with van der Waals surface area (Å²) in [7, 11) is 0. The molecule has 0 bridgehead atoms. The summed E-state index contributed by atoms with van der Waals surface area (Å²) in [6.45, 7) is 7.10. The van der Waals surface area contributed by atoms with Crippen LogP contribution in [0, 0.1) is 0 Å². The van der Waals surface area contributed by atoms with Crippen LogP contribution >= 0.6 is 34.5 Å². The fourth-order valence-corrected chi connectivity index (χ4v) is 6.23. The first-order valence-corrected chi connectivity index (χ1v) is 14.9. The topological polar surface area (TPSA) is 63.9 Å². The summed E-state index contributed by atoms with van der Waals surface area (Å²) in [5.74, 6) is 0.491. The minimum Gasteiger partial charge on any atom is -0.488 e. The minimum absolute atomic E-state index is 0.135. The molecule has 1 atom stereocenters. The molecule has 3 aromatic carbocycles. The molecule has 9 heteroatoms. The average Bonchev–Trinajstić information content (AvgIpc) is 3.27. The van der Waals surface area contributed by atoms with Crippen molar-refractivity contribution >= 4 is 46.5 Å². The molecule has 0 unspecified atom stereocenters. The van der Waals surface area contributed by atoms with Crippen molar-refractivity contribution in [2.45, 2.75) is 33.4 Å². The molecule has 41 heavy (non-hydrogen) atoms. The Labute approximate surface area is 252 Å². The van der Waals surface area contributed by atoms with E-state index >= 15 is 0 Å². The van der Waals surface area contributed by atoms with Crippen molar-refractivity contribution in [1.82, 2.24) is 9.47 Å². The maximum atomic E-state index is 14.0. The first-order valence-electron chi connectivity index (χ1n) is 13.3. The summed E-state index contributed by atoms with van der Waals surface area (Å²) >= 11 is 13.8. The van der Waals surface area contributed by atoms with E-state index in [-0.39, 0.29) is 11.5 Å². The molecular formula is C32H29Cl2N3O3S. The Morgan fingerprint density at radius 2 is 1.71 bits per heavy atom. The molecule has 0 N–H and O–H groups in total. The number of carbonyl (C=O) groups excluding carboxylic acids is 1. The van der Waals surface area contributed by atoms with Crippen LogP contribution in [0.15, 0.2) is 93.9 Å². The number of fused-ring (bicyclic) bond motifs is 1. The highest BCUT2D eigenvalue weighted by atomic mass is 35.5. The molecule has 1 amide bonds. The quantitative estimate of drug-likeness (QED) is 0.248. The fourth-order valence-electron chi connectivity index (χ4n) is 4.88. The summed E-state index contributed by atoms with van der Waals surface area (Å²) in [6, 6.07) is 21.7. The van der Waals surface area contributed by atoms with Crippen molar-refractivity contribution in [3.05, 3.63) is 130 Å². The lowest BCUT2D eigenvalue weighted by molar-refractivity contribution is -0.127. The Bertz CT molecular complexity index is 1800. The Morgan fingerprint density at radius 3 is 2.41 bits per heavy atom. The second-order valence-electron chi connectivity index (χ2n) is 9.53. The molecule has 4 aromatic rings. The van der Waals surface area contributed by atoms with Crippen LogP contribution in [-0.4, -0.2) is 28.5 Å². The van der Waals surface area contributed by atoms with E-state index in [2.05, 4.69) is 0 Å². The Kier molecular flexibility index (Phi) is 8.78. The van der Waals surface area contributed by atoms with E-state index in [0.29, 0.717) is 56.1 Å². The van der Waals surface area contributed by atoms with Gasteiger partial charge in [0.05, 0.1) is 21.8 Å². The lowest BCUT2D eigenvalue weighted by atomic mass is 9.94. The first-order chi connectivity index (χ1) is 19.8. The summed E-state index contributed by atoms with van der Waals surface area (Å²) in [5.41, 5.74) is 3.26. The molecule has 0 radical (unpaired) electrons. The number of likely N-dealkylation sites (N-methyl/N-ethyl adjacent to an activating group) is 1. The van der Waals surface area contributed by atoms with Crippen LogP contribution < -0.4 is 19.6 Å². The lowest BCUT2D eigenvalue weighted by Gasteiger charge is -2.29. The molecule has 5 rings (SSSR count). The number of thiazole rings is 1. The molecule has 0 saturated heterocycles. The maximum absolute atomic E-state index is 14.0. The minimum atomic E-state index is -0.634. The predicted octanol–water partition coefficient (Wildman–Crippen LogP) is 5.99. The van der Waals surface area contributed by atoms with E-state index in [4.69, 9.17) is 32.9 Å². The van der Waals surface area contributed by atoms with Gasteiger partial charge in [-0.2, -0.15) is 0 Å². The number of rotatable bonds is 8. The summed E-state index contributed by atoms with van der Waals surface area (Å²) in [6.07, 6.45) is 1.82. The molecule has 0 spiro atoms. The van der Waals surface area contributed by atoms with E-state index < -0.39 is 6.04 Å². The molecule has 6 nitrogen and oxygen atoms in total. The lowest BCUT2D eigenvalue weighted by Crippen LogP contribution is -2.43. The second-order valence-corrected chi connectivity index (χ2v) is 11.4. The number of benzene rings is 3. The zero-order valence-corrected chi connectivity index (χ0v) is 25.3. The maximum Gasteiger partial charge on any atom is 0.271 e. The van der Waals surface area contributed by atoms with Crippen LogP contribution in [0.25, 0.3) is 6.08 Å². The molecule has 0 aliphatic carbocycles. The summed E-state index contributed by atoms with van der Waals surface area (Å²) < 4.78 is 8.23. The van der Waals surface area contributed by atoms with Crippen LogP contribution in [0.3, 0.4) is 0 Å². The van der Waals surface area contributed by atoms with Crippen molar-refractivity contribution in [3.8, 4) is 5.75 Å². The van der Waals surface area contributed by atoms with Gasteiger partial charge >= 0.3 is 0 Å². The third-order valence-corrected chi connectivity index (χ3v) is 8.64. The van der Waals surface area contributed by atoms with Crippen LogP contribution in [-0.2, 0) is 11.4 Å². The zero-order chi connectivity index (χ0) is 29.1. The van der Waals surface area contributed by atoms with Gasteiger partial charge in [-0.3, -0.25) is 14.2 Å². The SMILES string of the molecule is CCN(CC)C(=O)C1=C(C)N=c2s/c(=C/c3ccccc3OCc3ccccc3Cl)c(=O)n2[C@@H]1c1ccc(Cl)cc1. The number of carbonyl (C=O) groups is 1. The number of para-hydroxylation sites is 1. The van der Waals surface area contributed by atoms with Gasteiger partial charge in [0.1, 0.15) is 12.4 Å². The highest BCUT2D eigenvalue weighted by molar-refractivity contribution is 7.07. The molecule has 1 aromatic heterocycles. The van der Waals surface area contributed by atoms with E-state index in [0.717, 1.165) is 16.7 Å². The van der Waals surface area contributed by atoms with E-state index in [1.165, 1.54) is 11.3 Å². The highest BCUT2D eigenvalue weighted by Crippen LogP contribution is 2.32. The number of ether oxygens (including phenoxy) is 1. The number of hydrogen-bond donors (Lipinski definition) is 0. The normalized spacial score (nSPS) is 15.0. The smallest absolute Gasteiger partial charge is 0.271 e. The predicted molar refractivity (Wildman–Crippen MR) is 165 cm³/mol. The van der Waals surface area contributed by atoms with Gasteiger partial charge in [0.2, 0.25) is 0 Å². The van der Waals surface area contributed by atoms with Crippen molar-refractivity contribution in [2.75, 3.05) is 13.1 Å². The van der Waals surface area contributed by atoms with Gasteiger partial charge in [-0.05, 0) is 56.7 Å². The Morgan fingerprint density at radius 1 is 1.02 bits per heavy atom. The van der Waals surface area contributed by atoms with Gasteiger partial charge in [-0.25, -0.2) is 4.99 Å². The molecule has 2 heterocycles. The number of hydrogen-bond acceptors (Lipinski definition) is 5. The fraction of sp³-hybridized carbons (Fsp3) is 0.219. The van der Waals surface area contributed by atoms with E-state index in [9.17, 15) is 9.59 Å². The van der Waals surface area contributed by atoms with Crippen LogP contribution in [0.2, 0.25) is 10.0 Å². The molecule has 210 valence electrons. The number of amides is 1. The van der Waals surface area contributed by atoms with Gasteiger partial charge in [0, 0.05) is 34.3 Å². The van der Waals surface area contributed by atoms with Crippen molar-refractivity contribution in [3.63, 3.8) is 0 Å². The summed E-state index contributed by atoms with van der Waals surface area (Å²) in [5, 5.41) is 1.21. The monoisotopic (exact) mass is 605 g/mol. The third-order valence-electron chi connectivity index (χ3n) is 7.04. The van der Waals surface area contributed by atoms with Crippen LogP contribution in [0.1, 0.15) is 43.5 Å². The van der Waals surface area contributed by atoms with Crippen LogP contribution in [0.4, 0.5) is 0 Å². The van der Waals surface area contributed by atoms with E-state index in [1.54, 1.807) is 21.6 Å². The number of aromatic nitrogens is 1. The van der Waals surface area contributed by atoms with Gasteiger partial charge in [-0.15, -0.1) is 0 Å². The van der Waals surface area contributed by atoms with Crippen molar-refractivity contribution in [1.29, 1.82) is 0 Å². The van der Waals surface area contributed by atoms with Gasteiger partial charge < -0.3 is 9.64 Å². The number of nitrogens with zero attached hydrogens (tertiary/aromatic N) is 3. The van der Waals surface area contributed by atoms with Crippen molar-refractivity contribution < 1.29 is 9.53 Å². The van der Waals surface area contributed by atoms with E-state index in [1.807, 2.05) is 87.5 Å². The average molecular weight is 607 g/mol. The first kappa shape index (κ1) is 28.9. The molecule has 1 aliphatic heterocycles. The van der Waals surface area contributed by atoms with Gasteiger partial charge in [0.15, 0.2) is 4.80 Å². The molecule has 0 saturated carbocycles. The van der Waals surface area contributed by atoms with Gasteiger partial charge in [-0.1, -0.05) is 83.1 Å². The number of halogens is 2. The Hall–Kier alpha value is -3.65. The summed E-state index contributed by atoms with van der Waals surface area (Å²) in [4.78, 5) is 34.8. The third kappa shape index (κ3) is 5.89. The van der Waals surface area contributed by atoms with Crippen LogP contribution in [0.5, 0.6) is 5.75 Å². The molecule has 1 aliphatic rings. The highest BCUT2D eigenvalue weighted by Gasteiger charge is 2.34. The molecule has 0 fully saturated rings. The zero-order valence-electron chi connectivity index (χ0n) is 22.9.